The summed E-state index contributed by atoms with van der Waals surface area (Å²) in [7, 11) is 1.86. The zero-order valence-corrected chi connectivity index (χ0v) is 14.4. The molecule has 2 atom stereocenters. The Kier molecular flexibility index (Phi) is 4.13. The molecule has 2 amide bonds. The fourth-order valence-electron chi connectivity index (χ4n) is 4.31. The summed E-state index contributed by atoms with van der Waals surface area (Å²) in [5.41, 5.74) is 3.11. The molecule has 0 radical (unpaired) electrons. The normalized spacial score (nSPS) is 27.4. The van der Waals surface area contributed by atoms with Crippen LogP contribution in [0.4, 0.5) is 11.4 Å². The molecule has 2 fully saturated rings. The van der Waals surface area contributed by atoms with Gasteiger partial charge in [-0.3, -0.25) is 14.9 Å². The number of hydrogen-bond donors (Lipinski definition) is 3. The molecule has 2 unspecified atom stereocenters. The second-order valence-electron chi connectivity index (χ2n) is 7.07. The number of rotatable bonds is 2. The number of para-hydroxylation sites is 1. The van der Waals surface area contributed by atoms with Crippen molar-refractivity contribution in [2.24, 2.45) is 0 Å². The highest BCUT2D eigenvalue weighted by molar-refractivity contribution is 6.02. The molecule has 1 aromatic rings. The number of imide groups is 1. The van der Waals surface area contributed by atoms with Gasteiger partial charge in [0.1, 0.15) is 6.04 Å². The number of piperidine rings is 2. The molecule has 3 aliphatic heterocycles. The van der Waals surface area contributed by atoms with Crippen LogP contribution in [0.3, 0.4) is 0 Å². The van der Waals surface area contributed by atoms with E-state index in [1.165, 1.54) is 5.56 Å². The fraction of sp³-hybridized carbons (Fsp3) is 0.556. The molecule has 1 aromatic carbocycles. The maximum absolute atomic E-state index is 12.3. The van der Waals surface area contributed by atoms with Crippen LogP contribution >= 0.6 is 0 Å². The SMILES string of the molecule is CN1c2c(C3CCNCC3)cccc2N(C2CCC(=O)NC2=O)C1O. The Morgan fingerprint density at radius 1 is 1.16 bits per heavy atom. The molecule has 2 saturated heterocycles. The van der Waals surface area contributed by atoms with E-state index in [4.69, 9.17) is 0 Å². The topological polar surface area (TPSA) is 84.9 Å². The molecule has 0 spiro atoms. The largest absolute Gasteiger partial charge is 0.356 e. The van der Waals surface area contributed by atoms with Gasteiger partial charge in [0.2, 0.25) is 18.2 Å². The molecule has 0 aliphatic carbocycles. The highest BCUT2D eigenvalue weighted by Crippen LogP contribution is 2.46. The number of amides is 2. The average molecular weight is 344 g/mol. The molecule has 3 aliphatic rings. The summed E-state index contributed by atoms with van der Waals surface area (Å²) in [4.78, 5) is 27.4. The first-order valence-electron chi connectivity index (χ1n) is 8.94. The average Bonchev–Trinajstić information content (AvgIpc) is 2.87. The number of carbonyl (C=O) groups is 2. The molecular formula is C18H24N4O3. The molecule has 0 saturated carbocycles. The van der Waals surface area contributed by atoms with Gasteiger partial charge in [0.25, 0.3) is 0 Å². The van der Waals surface area contributed by atoms with Gasteiger partial charge in [0.15, 0.2) is 0 Å². The van der Waals surface area contributed by atoms with E-state index in [1.807, 2.05) is 24.1 Å². The van der Waals surface area contributed by atoms with Crippen LogP contribution in [0.5, 0.6) is 0 Å². The Hall–Kier alpha value is -2.12. The zero-order valence-electron chi connectivity index (χ0n) is 14.4. The van der Waals surface area contributed by atoms with Crippen LogP contribution in [0.1, 0.15) is 37.2 Å². The van der Waals surface area contributed by atoms with Gasteiger partial charge in [-0.05, 0) is 49.9 Å². The predicted molar refractivity (Wildman–Crippen MR) is 94.3 cm³/mol. The lowest BCUT2D eigenvalue weighted by Crippen LogP contribution is -2.56. The number of aliphatic hydroxyl groups is 1. The number of nitrogens with zero attached hydrogens (tertiary/aromatic N) is 2. The minimum Gasteiger partial charge on any atom is -0.356 e. The van der Waals surface area contributed by atoms with Gasteiger partial charge in [-0.1, -0.05) is 12.1 Å². The molecule has 3 N–H and O–H groups in total. The number of anilines is 2. The lowest BCUT2D eigenvalue weighted by atomic mass is 9.88. The summed E-state index contributed by atoms with van der Waals surface area (Å²) in [5.74, 6) is -0.122. The van der Waals surface area contributed by atoms with Gasteiger partial charge in [-0.15, -0.1) is 0 Å². The van der Waals surface area contributed by atoms with E-state index in [2.05, 4.69) is 16.7 Å². The van der Waals surface area contributed by atoms with Crippen LogP contribution < -0.4 is 20.4 Å². The van der Waals surface area contributed by atoms with Gasteiger partial charge in [-0.25, -0.2) is 0 Å². The van der Waals surface area contributed by atoms with E-state index in [0.29, 0.717) is 18.8 Å². The molecule has 0 aromatic heterocycles. The first kappa shape index (κ1) is 16.4. The number of fused-ring (bicyclic) bond motifs is 1. The Labute approximate surface area is 147 Å². The van der Waals surface area contributed by atoms with Crippen molar-refractivity contribution in [2.45, 2.75) is 44.0 Å². The van der Waals surface area contributed by atoms with Crippen LogP contribution in [-0.2, 0) is 9.59 Å². The van der Waals surface area contributed by atoms with Crippen molar-refractivity contribution in [2.75, 3.05) is 29.9 Å². The van der Waals surface area contributed by atoms with Gasteiger partial charge >= 0.3 is 0 Å². The van der Waals surface area contributed by atoms with Crippen molar-refractivity contribution >= 4 is 23.2 Å². The molecule has 25 heavy (non-hydrogen) atoms. The Morgan fingerprint density at radius 3 is 2.64 bits per heavy atom. The standard InChI is InChI=1S/C18H24N4O3/c1-21-16-12(11-7-9-19-10-8-11)3-2-4-13(16)22(18(21)25)14-5-6-15(23)20-17(14)24/h2-4,11,14,18-19,25H,5-10H2,1H3,(H,20,23,24). The third kappa shape index (κ3) is 2.67. The van der Waals surface area contributed by atoms with Crippen LogP contribution in [0, 0.1) is 0 Å². The maximum Gasteiger partial charge on any atom is 0.249 e. The van der Waals surface area contributed by atoms with Crippen molar-refractivity contribution in [3.05, 3.63) is 23.8 Å². The molecule has 0 bridgehead atoms. The number of benzene rings is 1. The molecular weight excluding hydrogens is 320 g/mol. The third-order valence-electron chi connectivity index (χ3n) is 5.60. The number of hydrogen-bond acceptors (Lipinski definition) is 6. The van der Waals surface area contributed by atoms with Gasteiger partial charge in [-0.2, -0.15) is 0 Å². The van der Waals surface area contributed by atoms with E-state index < -0.39 is 12.4 Å². The van der Waals surface area contributed by atoms with Crippen LogP contribution in [0.15, 0.2) is 18.2 Å². The van der Waals surface area contributed by atoms with E-state index in [1.54, 1.807) is 4.90 Å². The minimum absolute atomic E-state index is 0.244. The lowest BCUT2D eigenvalue weighted by molar-refractivity contribution is -0.134. The number of carbonyl (C=O) groups excluding carboxylic acids is 2. The summed E-state index contributed by atoms with van der Waals surface area (Å²) in [6.45, 7) is 1.99. The van der Waals surface area contributed by atoms with Crippen molar-refractivity contribution in [3.8, 4) is 0 Å². The van der Waals surface area contributed by atoms with Gasteiger partial charge < -0.3 is 20.2 Å². The smallest absolute Gasteiger partial charge is 0.249 e. The highest BCUT2D eigenvalue weighted by atomic mass is 16.3. The highest BCUT2D eigenvalue weighted by Gasteiger charge is 2.43. The molecule has 7 nitrogen and oxygen atoms in total. The summed E-state index contributed by atoms with van der Waals surface area (Å²) in [6.07, 6.45) is 1.96. The summed E-state index contributed by atoms with van der Waals surface area (Å²) >= 11 is 0. The number of nitrogens with one attached hydrogen (secondary N) is 2. The monoisotopic (exact) mass is 344 g/mol. The maximum atomic E-state index is 12.3. The Bertz CT molecular complexity index is 702. The summed E-state index contributed by atoms with van der Waals surface area (Å²) in [5, 5.41) is 16.6. The van der Waals surface area contributed by atoms with Crippen molar-refractivity contribution in [1.29, 1.82) is 0 Å². The summed E-state index contributed by atoms with van der Waals surface area (Å²) < 4.78 is 0. The van der Waals surface area contributed by atoms with E-state index >= 15 is 0 Å². The van der Waals surface area contributed by atoms with Gasteiger partial charge in [0.05, 0.1) is 11.4 Å². The first-order valence-corrected chi connectivity index (χ1v) is 8.94. The first-order chi connectivity index (χ1) is 12.1. The third-order valence-corrected chi connectivity index (χ3v) is 5.60. The van der Waals surface area contributed by atoms with Crippen molar-refractivity contribution in [3.63, 3.8) is 0 Å². The van der Waals surface area contributed by atoms with Crippen LogP contribution in [0.25, 0.3) is 0 Å². The zero-order chi connectivity index (χ0) is 17.6. The van der Waals surface area contributed by atoms with E-state index in [9.17, 15) is 14.7 Å². The molecule has 134 valence electrons. The van der Waals surface area contributed by atoms with E-state index in [0.717, 1.165) is 37.3 Å². The van der Waals surface area contributed by atoms with E-state index in [-0.39, 0.29) is 11.8 Å². The second kappa shape index (κ2) is 6.31. The number of aliphatic hydroxyl groups excluding tert-OH is 1. The molecule has 7 heteroatoms. The predicted octanol–water partition coefficient (Wildman–Crippen LogP) is 0.491. The van der Waals surface area contributed by atoms with Crippen LogP contribution in [0.2, 0.25) is 0 Å². The molecule has 4 rings (SSSR count). The fourth-order valence-corrected chi connectivity index (χ4v) is 4.31. The second-order valence-corrected chi connectivity index (χ2v) is 7.07. The van der Waals surface area contributed by atoms with Crippen LogP contribution in [-0.4, -0.2) is 49.5 Å². The van der Waals surface area contributed by atoms with Crippen molar-refractivity contribution in [1.82, 2.24) is 10.6 Å². The molecule has 3 heterocycles. The Morgan fingerprint density at radius 2 is 1.92 bits per heavy atom. The lowest BCUT2D eigenvalue weighted by Gasteiger charge is -2.34. The Balaban J connectivity index is 1.71. The quantitative estimate of drug-likeness (QED) is 0.677. The van der Waals surface area contributed by atoms with Gasteiger partial charge in [0, 0.05) is 13.5 Å². The minimum atomic E-state index is -0.901. The van der Waals surface area contributed by atoms with Crippen molar-refractivity contribution < 1.29 is 14.7 Å². The summed E-state index contributed by atoms with van der Waals surface area (Å²) in [6, 6.07) is 5.56.